The average Bonchev–Trinajstić information content (AvgIpc) is 2.83. The van der Waals surface area contributed by atoms with Gasteiger partial charge >= 0.3 is 6.18 Å². The van der Waals surface area contributed by atoms with E-state index >= 15 is 0 Å². The van der Waals surface area contributed by atoms with Gasteiger partial charge in [-0.15, -0.1) is 0 Å². The van der Waals surface area contributed by atoms with E-state index in [-0.39, 0.29) is 5.92 Å². The molecule has 0 aromatic heterocycles. The van der Waals surface area contributed by atoms with Crippen molar-refractivity contribution in [3.05, 3.63) is 35.4 Å². The van der Waals surface area contributed by atoms with Crippen LogP contribution in [0.3, 0.4) is 0 Å². The molecule has 1 aromatic carbocycles. The Bertz CT molecular complexity index is 452. The van der Waals surface area contributed by atoms with Crippen LogP contribution in [0.25, 0.3) is 0 Å². The quantitative estimate of drug-likeness (QED) is 0.882. The Balaban J connectivity index is 2.31. The highest BCUT2D eigenvalue weighted by Gasteiger charge is 2.31. The molecule has 0 spiro atoms. The summed E-state index contributed by atoms with van der Waals surface area (Å²) in [5.74, 6) is 0.728. The number of nitrogens with zero attached hydrogens (tertiary/aromatic N) is 1. The number of benzene rings is 1. The molecule has 1 aliphatic rings. The monoisotopic (exact) mass is 256 g/mol. The molecule has 0 fully saturated rings. The van der Waals surface area contributed by atoms with Crippen LogP contribution in [-0.2, 0) is 6.18 Å². The number of amidine groups is 1. The van der Waals surface area contributed by atoms with E-state index in [0.29, 0.717) is 12.1 Å². The van der Waals surface area contributed by atoms with Crippen molar-refractivity contribution in [2.24, 2.45) is 4.99 Å². The molecule has 1 aliphatic heterocycles. The average molecular weight is 256 g/mol. The Hall–Kier alpha value is -1.52. The normalized spacial score (nSPS) is 17.2. The maximum atomic E-state index is 12.7. The van der Waals surface area contributed by atoms with Crippen LogP contribution in [0, 0.1) is 0 Å². The molecule has 0 unspecified atom stereocenters. The Labute approximate surface area is 104 Å². The van der Waals surface area contributed by atoms with Gasteiger partial charge in [-0.25, -0.2) is 0 Å². The Morgan fingerprint density at radius 2 is 2.17 bits per heavy atom. The lowest BCUT2D eigenvalue weighted by Crippen LogP contribution is -2.25. The van der Waals surface area contributed by atoms with E-state index < -0.39 is 11.7 Å². The minimum absolute atomic E-state index is 0.0743. The lowest BCUT2D eigenvalue weighted by Gasteiger charge is -2.17. The van der Waals surface area contributed by atoms with Gasteiger partial charge in [0, 0.05) is 12.5 Å². The van der Waals surface area contributed by atoms with Gasteiger partial charge in [0.05, 0.1) is 12.1 Å². The standard InChI is InChI=1S/C13H15F3N2/c1-2-11(12-17-6-7-18-12)9-4-3-5-10(8-9)13(14,15)16/h3-5,8,11H,2,6-7H2,1H3,(H,17,18)/t11-/m1/s1. The van der Waals surface area contributed by atoms with E-state index in [1.807, 2.05) is 6.92 Å². The van der Waals surface area contributed by atoms with Gasteiger partial charge < -0.3 is 5.32 Å². The molecular weight excluding hydrogens is 241 g/mol. The summed E-state index contributed by atoms with van der Waals surface area (Å²) in [7, 11) is 0. The Morgan fingerprint density at radius 1 is 1.39 bits per heavy atom. The molecule has 0 bridgehead atoms. The van der Waals surface area contributed by atoms with Crippen molar-refractivity contribution in [1.82, 2.24) is 5.32 Å². The number of alkyl halides is 3. The van der Waals surface area contributed by atoms with Gasteiger partial charge in [-0.05, 0) is 18.1 Å². The van der Waals surface area contributed by atoms with Crippen molar-refractivity contribution in [1.29, 1.82) is 0 Å². The van der Waals surface area contributed by atoms with Gasteiger partial charge in [-0.3, -0.25) is 4.99 Å². The van der Waals surface area contributed by atoms with E-state index in [2.05, 4.69) is 10.3 Å². The SMILES string of the molecule is CC[C@@H](C1=NCCN1)c1cccc(C(F)(F)F)c1. The minimum atomic E-state index is -4.29. The molecule has 0 saturated carbocycles. The molecule has 0 amide bonds. The molecule has 1 heterocycles. The molecule has 0 aliphatic carbocycles. The number of hydrogen-bond acceptors (Lipinski definition) is 2. The number of nitrogens with one attached hydrogen (secondary N) is 1. The second kappa shape index (κ2) is 5.00. The summed E-state index contributed by atoms with van der Waals surface area (Å²) in [5.41, 5.74) is 0.0671. The third kappa shape index (κ3) is 2.66. The fourth-order valence-corrected chi connectivity index (χ4v) is 2.17. The highest BCUT2D eigenvalue weighted by molar-refractivity contribution is 5.90. The van der Waals surface area contributed by atoms with Gasteiger partial charge in [0.25, 0.3) is 0 Å². The highest BCUT2D eigenvalue weighted by Crippen LogP contribution is 2.32. The highest BCUT2D eigenvalue weighted by atomic mass is 19.4. The number of hydrogen-bond donors (Lipinski definition) is 1. The zero-order chi connectivity index (χ0) is 13.2. The first-order chi connectivity index (χ1) is 8.52. The van der Waals surface area contributed by atoms with E-state index in [9.17, 15) is 13.2 Å². The predicted molar refractivity (Wildman–Crippen MR) is 64.8 cm³/mol. The van der Waals surface area contributed by atoms with Crippen molar-refractivity contribution in [3.8, 4) is 0 Å². The van der Waals surface area contributed by atoms with Crippen LogP contribution in [0.15, 0.2) is 29.3 Å². The molecule has 18 heavy (non-hydrogen) atoms. The van der Waals surface area contributed by atoms with Crippen molar-refractivity contribution >= 4 is 5.84 Å². The van der Waals surface area contributed by atoms with Gasteiger partial charge in [-0.2, -0.15) is 13.2 Å². The lowest BCUT2D eigenvalue weighted by molar-refractivity contribution is -0.137. The smallest absolute Gasteiger partial charge is 0.371 e. The minimum Gasteiger partial charge on any atom is -0.371 e. The molecule has 5 heteroatoms. The number of halogens is 3. The third-order valence-corrected chi connectivity index (χ3v) is 3.05. The van der Waals surface area contributed by atoms with Crippen LogP contribution in [-0.4, -0.2) is 18.9 Å². The molecule has 2 rings (SSSR count). The lowest BCUT2D eigenvalue weighted by atomic mass is 9.93. The van der Waals surface area contributed by atoms with Crippen molar-refractivity contribution in [3.63, 3.8) is 0 Å². The maximum Gasteiger partial charge on any atom is 0.416 e. The fraction of sp³-hybridized carbons (Fsp3) is 0.462. The van der Waals surface area contributed by atoms with Crippen molar-refractivity contribution < 1.29 is 13.2 Å². The Kier molecular flexibility index (Phi) is 3.59. The summed E-state index contributed by atoms with van der Waals surface area (Å²) in [6.45, 7) is 3.42. The van der Waals surface area contributed by atoms with Gasteiger partial charge in [0.15, 0.2) is 0 Å². The van der Waals surface area contributed by atoms with Gasteiger partial charge in [0.1, 0.15) is 5.84 Å². The van der Waals surface area contributed by atoms with E-state index in [4.69, 9.17) is 0 Å². The first-order valence-electron chi connectivity index (χ1n) is 5.97. The van der Waals surface area contributed by atoms with Crippen LogP contribution < -0.4 is 5.32 Å². The Morgan fingerprint density at radius 3 is 2.72 bits per heavy atom. The van der Waals surface area contributed by atoms with Crippen LogP contribution in [0.5, 0.6) is 0 Å². The number of rotatable bonds is 3. The van der Waals surface area contributed by atoms with Crippen LogP contribution >= 0.6 is 0 Å². The molecule has 1 aromatic rings. The van der Waals surface area contributed by atoms with Crippen molar-refractivity contribution in [2.75, 3.05) is 13.1 Å². The second-order valence-electron chi connectivity index (χ2n) is 4.28. The molecule has 98 valence electrons. The summed E-state index contributed by atoms with van der Waals surface area (Å²) in [5, 5.41) is 3.13. The summed E-state index contributed by atoms with van der Waals surface area (Å²) >= 11 is 0. The molecular formula is C13H15F3N2. The van der Waals surface area contributed by atoms with Crippen LogP contribution in [0.2, 0.25) is 0 Å². The van der Waals surface area contributed by atoms with E-state index in [0.717, 1.165) is 24.9 Å². The summed E-state index contributed by atoms with van der Waals surface area (Å²) < 4.78 is 38.0. The molecule has 2 nitrogen and oxygen atoms in total. The van der Waals surface area contributed by atoms with Crippen LogP contribution in [0.1, 0.15) is 30.4 Å². The molecule has 0 radical (unpaired) electrons. The molecule has 0 saturated heterocycles. The van der Waals surface area contributed by atoms with Gasteiger partial charge in [0.2, 0.25) is 0 Å². The first kappa shape index (κ1) is 12.9. The largest absolute Gasteiger partial charge is 0.416 e. The summed E-state index contributed by atoms with van der Waals surface area (Å²) in [6, 6.07) is 5.50. The second-order valence-corrected chi connectivity index (χ2v) is 4.28. The van der Waals surface area contributed by atoms with E-state index in [1.165, 1.54) is 12.1 Å². The maximum absolute atomic E-state index is 12.7. The van der Waals surface area contributed by atoms with Crippen LogP contribution in [0.4, 0.5) is 13.2 Å². The van der Waals surface area contributed by atoms with E-state index in [1.54, 1.807) is 6.07 Å². The molecule has 1 atom stereocenters. The predicted octanol–water partition coefficient (Wildman–Crippen LogP) is 3.20. The first-order valence-corrected chi connectivity index (χ1v) is 5.97. The van der Waals surface area contributed by atoms with Gasteiger partial charge in [-0.1, -0.05) is 25.1 Å². The molecule has 1 N–H and O–H groups in total. The fourth-order valence-electron chi connectivity index (χ4n) is 2.17. The zero-order valence-corrected chi connectivity index (χ0v) is 10.1. The summed E-state index contributed by atoms with van der Waals surface area (Å²) in [6.07, 6.45) is -3.56. The third-order valence-electron chi connectivity index (χ3n) is 3.05. The summed E-state index contributed by atoms with van der Waals surface area (Å²) in [4.78, 5) is 4.30. The topological polar surface area (TPSA) is 24.4 Å². The van der Waals surface area contributed by atoms with Crippen molar-refractivity contribution in [2.45, 2.75) is 25.4 Å². The zero-order valence-electron chi connectivity index (χ0n) is 10.1. The number of aliphatic imine (C=N–C) groups is 1.